The second-order valence-electron chi connectivity index (χ2n) is 3.95. The molecule has 0 aromatic carbocycles. The first-order valence-electron chi connectivity index (χ1n) is 5.79. The molecule has 0 aliphatic carbocycles. The molecule has 2 rings (SSSR count). The molecule has 0 radical (unpaired) electrons. The van der Waals surface area contributed by atoms with Gasteiger partial charge in [0.2, 0.25) is 0 Å². The van der Waals surface area contributed by atoms with Crippen molar-refractivity contribution in [3.63, 3.8) is 0 Å². The van der Waals surface area contributed by atoms with Crippen LogP contribution in [-0.2, 0) is 0 Å². The lowest BCUT2D eigenvalue weighted by atomic mass is 10.1. The van der Waals surface area contributed by atoms with E-state index in [2.05, 4.69) is 32.7 Å². The van der Waals surface area contributed by atoms with Crippen molar-refractivity contribution >= 4 is 11.7 Å². The largest absolute Gasteiger partial charge is 0.354 e. The van der Waals surface area contributed by atoms with Crippen molar-refractivity contribution in [2.45, 2.75) is 13.0 Å². The molecule has 6 heteroatoms. The van der Waals surface area contributed by atoms with Crippen molar-refractivity contribution in [1.82, 2.24) is 20.8 Å². The van der Waals surface area contributed by atoms with Gasteiger partial charge in [0.05, 0.1) is 6.04 Å². The van der Waals surface area contributed by atoms with E-state index >= 15 is 0 Å². The van der Waals surface area contributed by atoms with Crippen LogP contribution in [0.2, 0.25) is 0 Å². The molecule has 1 aliphatic rings. The van der Waals surface area contributed by atoms with Crippen LogP contribution in [-0.4, -0.2) is 48.8 Å². The summed E-state index contributed by atoms with van der Waals surface area (Å²) in [5.41, 5.74) is 0.346. The average Bonchev–Trinajstić information content (AvgIpc) is 2.32. The van der Waals surface area contributed by atoms with Gasteiger partial charge in [0.25, 0.3) is 5.91 Å². The number of rotatable bonds is 4. The predicted octanol–water partition coefficient (Wildman–Crippen LogP) is -0.366. The minimum Gasteiger partial charge on any atom is -0.354 e. The highest BCUT2D eigenvalue weighted by atomic mass is 16.1. The van der Waals surface area contributed by atoms with Crippen molar-refractivity contribution < 1.29 is 4.79 Å². The molecule has 1 aromatic heterocycles. The smallest absolute Gasteiger partial charge is 0.271 e. The van der Waals surface area contributed by atoms with Gasteiger partial charge in [-0.3, -0.25) is 4.79 Å². The second-order valence-corrected chi connectivity index (χ2v) is 3.95. The fourth-order valence-corrected chi connectivity index (χ4v) is 1.83. The zero-order valence-electron chi connectivity index (χ0n) is 10.1. The number of hydrogen-bond acceptors (Lipinski definition) is 5. The fourth-order valence-electron chi connectivity index (χ4n) is 1.83. The maximum absolute atomic E-state index is 11.3. The van der Waals surface area contributed by atoms with Crippen molar-refractivity contribution in [2.24, 2.45) is 0 Å². The van der Waals surface area contributed by atoms with E-state index in [1.165, 1.54) is 0 Å². The molecule has 17 heavy (non-hydrogen) atoms. The van der Waals surface area contributed by atoms with E-state index in [1.807, 2.05) is 6.07 Å². The lowest BCUT2D eigenvalue weighted by Gasteiger charge is -2.38. The Morgan fingerprint density at radius 3 is 2.71 bits per heavy atom. The molecule has 0 spiro atoms. The summed E-state index contributed by atoms with van der Waals surface area (Å²) in [5.74, 6) is 0.615. The Bertz CT molecular complexity index is 387. The minimum absolute atomic E-state index is 0.211. The van der Waals surface area contributed by atoms with Crippen molar-refractivity contribution in [1.29, 1.82) is 0 Å². The summed E-state index contributed by atoms with van der Waals surface area (Å²) >= 11 is 0. The van der Waals surface area contributed by atoms with Crippen LogP contribution in [0.25, 0.3) is 0 Å². The molecule has 1 aromatic rings. The third kappa shape index (κ3) is 2.36. The van der Waals surface area contributed by atoms with Gasteiger partial charge in [-0.2, -0.15) is 0 Å². The first-order chi connectivity index (χ1) is 8.26. The maximum atomic E-state index is 11.3. The molecule has 1 aliphatic heterocycles. The van der Waals surface area contributed by atoms with E-state index in [-0.39, 0.29) is 5.91 Å². The van der Waals surface area contributed by atoms with Crippen LogP contribution in [0.5, 0.6) is 0 Å². The van der Waals surface area contributed by atoms with E-state index in [0.29, 0.717) is 11.7 Å². The molecular formula is C11H17N5O. The zero-order valence-corrected chi connectivity index (χ0v) is 10.1. The highest BCUT2D eigenvalue weighted by Gasteiger charge is 2.24. The number of hydrogen-bond donors (Lipinski definition) is 2. The standard InChI is InChI=1S/C11H17N5O/c1-3-16(8-6-13-7-8)10-5-4-9(14-15-10)11(17)12-2/h4-5,8,13H,3,6-7H2,1-2H3,(H,12,17). The summed E-state index contributed by atoms with van der Waals surface area (Å²) in [6.07, 6.45) is 0. The van der Waals surface area contributed by atoms with Crippen molar-refractivity contribution in [3.05, 3.63) is 17.8 Å². The topological polar surface area (TPSA) is 70.2 Å². The number of nitrogens with zero attached hydrogens (tertiary/aromatic N) is 3. The van der Waals surface area contributed by atoms with Gasteiger partial charge in [0.15, 0.2) is 11.5 Å². The molecule has 0 bridgehead atoms. The predicted molar refractivity (Wildman–Crippen MR) is 65.1 cm³/mol. The molecule has 2 N–H and O–H groups in total. The summed E-state index contributed by atoms with van der Waals surface area (Å²) < 4.78 is 0. The maximum Gasteiger partial charge on any atom is 0.271 e. The zero-order chi connectivity index (χ0) is 12.3. The van der Waals surface area contributed by atoms with Gasteiger partial charge >= 0.3 is 0 Å². The molecule has 0 saturated carbocycles. The quantitative estimate of drug-likeness (QED) is 0.745. The molecule has 1 saturated heterocycles. The first kappa shape index (κ1) is 11.8. The van der Waals surface area contributed by atoms with Crippen LogP contribution in [0.1, 0.15) is 17.4 Å². The van der Waals surface area contributed by atoms with E-state index in [1.54, 1.807) is 13.1 Å². The van der Waals surface area contributed by atoms with Crippen LogP contribution in [0, 0.1) is 0 Å². The molecular weight excluding hydrogens is 218 g/mol. The SMILES string of the molecule is CCN(c1ccc(C(=O)NC)nn1)C1CNC1. The Morgan fingerprint density at radius 1 is 1.53 bits per heavy atom. The third-order valence-electron chi connectivity index (χ3n) is 2.95. The average molecular weight is 235 g/mol. The Morgan fingerprint density at radius 2 is 2.29 bits per heavy atom. The lowest BCUT2D eigenvalue weighted by molar-refractivity contribution is 0.0957. The number of aromatic nitrogens is 2. The lowest BCUT2D eigenvalue weighted by Crippen LogP contribution is -2.57. The molecule has 6 nitrogen and oxygen atoms in total. The molecule has 0 atom stereocenters. The van der Waals surface area contributed by atoms with Gasteiger partial charge in [0, 0.05) is 26.7 Å². The summed E-state index contributed by atoms with van der Waals surface area (Å²) in [7, 11) is 1.58. The van der Waals surface area contributed by atoms with Crippen LogP contribution in [0.4, 0.5) is 5.82 Å². The minimum atomic E-state index is -0.211. The van der Waals surface area contributed by atoms with E-state index in [0.717, 1.165) is 25.5 Å². The number of carbonyl (C=O) groups excluding carboxylic acids is 1. The van der Waals surface area contributed by atoms with Gasteiger partial charge in [-0.25, -0.2) is 0 Å². The summed E-state index contributed by atoms with van der Waals surface area (Å²) in [4.78, 5) is 13.5. The van der Waals surface area contributed by atoms with Crippen LogP contribution < -0.4 is 15.5 Å². The van der Waals surface area contributed by atoms with Crippen LogP contribution in [0.15, 0.2) is 12.1 Å². The first-order valence-corrected chi connectivity index (χ1v) is 5.79. The van der Waals surface area contributed by atoms with Gasteiger partial charge < -0.3 is 15.5 Å². The van der Waals surface area contributed by atoms with Crippen LogP contribution in [0.3, 0.4) is 0 Å². The summed E-state index contributed by atoms with van der Waals surface area (Å²) in [5, 5.41) is 13.8. The molecule has 92 valence electrons. The van der Waals surface area contributed by atoms with Gasteiger partial charge in [-0.05, 0) is 19.1 Å². The Hall–Kier alpha value is -1.69. The van der Waals surface area contributed by atoms with Crippen molar-refractivity contribution in [3.8, 4) is 0 Å². The van der Waals surface area contributed by atoms with E-state index in [9.17, 15) is 4.79 Å². The van der Waals surface area contributed by atoms with E-state index in [4.69, 9.17) is 0 Å². The van der Waals surface area contributed by atoms with Gasteiger partial charge in [-0.15, -0.1) is 10.2 Å². The van der Waals surface area contributed by atoms with E-state index < -0.39 is 0 Å². The van der Waals surface area contributed by atoms with Crippen LogP contribution >= 0.6 is 0 Å². The third-order valence-corrected chi connectivity index (χ3v) is 2.95. The second kappa shape index (κ2) is 5.09. The molecule has 1 fully saturated rings. The Kier molecular flexibility index (Phi) is 3.53. The Labute approximate surface area is 100 Å². The monoisotopic (exact) mass is 235 g/mol. The fraction of sp³-hybridized carbons (Fsp3) is 0.545. The number of anilines is 1. The summed E-state index contributed by atoms with van der Waals surface area (Å²) in [6.45, 7) is 4.94. The highest BCUT2D eigenvalue weighted by Crippen LogP contribution is 2.15. The number of likely N-dealkylation sites (N-methyl/N-ethyl adjacent to an activating group) is 1. The molecule has 1 amide bonds. The molecule has 0 unspecified atom stereocenters. The van der Waals surface area contributed by atoms with Crippen molar-refractivity contribution in [2.75, 3.05) is 31.6 Å². The van der Waals surface area contributed by atoms with Gasteiger partial charge in [-0.1, -0.05) is 0 Å². The number of nitrogens with one attached hydrogen (secondary N) is 2. The number of carbonyl (C=O) groups is 1. The normalized spacial score (nSPS) is 15.2. The Balaban J connectivity index is 2.12. The van der Waals surface area contributed by atoms with Gasteiger partial charge in [0.1, 0.15) is 0 Å². The highest BCUT2D eigenvalue weighted by molar-refractivity contribution is 5.91. The number of amides is 1. The summed E-state index contributed by atoms with van der Waals surface area (Å²) in [6, 6.07) is 4.04. The molecule has 2 heterocycles.